The summed E-state index contributed by atoms with van der Waals surface area (Å²) < 4.78 is 1.53. The molecule has 1 aliphatic rings. The van der Waals surface area contributed by atoms with Gasteiger partial charge in [0.15, 0.2) is 5.69 Å². The Morgan fingerprint density at radius 1 is 1.50 bits per heavy atom. The number of aryl methyl sites for hydroxylation is 1. The molecule has 1 aliphatic carbocycles. The zero-order valence-corrected chi connectivity index (χ0v) is 13.4. The van der Waals surface area contributed by atoms with Crippen molar-refractivity contribution in [2.75, 3.05) is 12.4 Å². The van der Waals surface area contributed by atoms with E-state index >= 15 is 0 Å². The van der Waals surface area contributed by atoms with Gasteiger partial charge in [0.05, 0.1) is 6.54 Å². The van der Waals surface area contributed by atoms with Gasteiger partial charge in [-0.05, 0) is 24.3 Å². The van der Waals surface area contributed by atoms with Crippen LogP contribution in [-0.4, -0.2) is 33.5 Å². The predicted octanol–water partition coefficient (Wildman–Crippen LogP) is 2.10. The average Bonchev–Trinajstić information content (AvgIpc) is 3.12. The van der Waals surface area contributed by atoms with Gasteiger partial charge < -0.3 is 10.2 Å². The molecule has 0 bridgehead atoms. The number of aromatic nitrogens is 2. The summed E-state index contributed by atoms with van der Waals surface area (Å²) in [6, 6.07) is 5.59. The maximum atomic E-state index is 12.4. The molecule has 0 aliphatic heterocycles. The molecule has 1 fully saturated rings. The molecule has 3 rings (SSSR count). The van der Waals surface area contributed by atoms with E-state index in [4.69, 9.17) is 0 Å². The van der Waals surface area contributed by atoms with Gasteiger partial charge in [-0.2, -0.15) is 5.10 Å². The van der Waals surface area contributed by atoms with E-state index < -0.39 is 0 Å². The molecule has 7 heteroatoms. The first-order valence-corrected chi connectivity index (χ1v) is 8.05. The standard InChI is InChI=1S/C15H18N4O2S/c1-18(9-11-4-3-7-22-11)15(21)12-8-13(19(2)17-12)16-14(20)10-5-6-10/h3-4,7-8,10H,5-6,9H2,1-2H3,(H,16,20). The summed E-state index contributed by atoms with van der Waals surface area (Å²) in [4.78, 5) is 27.0. The fourth-order valence-corrected chi connectivity index (χ4v) is 2.92. The van der Waals surface area contributed by atoms with Crippen molar-refractivity contribution < 1.29 is 9.59 Å². The number of anilines is 1. The zero-order valence-electron chi connectivity index (χ0n) is 12.6. The van der Waals surface area contributed by atoms with Crippen LogP contribution in [0.3, 0.4) is 0 Å². The summed E-state index contributed by atoms with van der Waals surface area (Å²) in [5.74, 6) is 0.533. The SMILES string of the molecule is CN(Cc1cccs1)C(=O)c1cc(NC(=O)C2CC2)n(C)n1. The molecule has 0 aromatic carbocycles. The summed E-state index contributed by atoms with van der Waals surface area (Å²) >= 11 is 1.61. The summed E-state index contributed by atoms with van der Waals surface area (Å²) in [6.07, 6.45) is 1.89. The van der Waals surface area contributed by atoms with Gasteiger partial charge in [-0.3, -0.25) is 14.3 Å². The molecule has 22 heavy (non-hydrogen) atoms. The van der Waals surface area contributed by atoms with Crippen LogP contribution in [-0.2, 0) is 18.4 Å². The van der Waals surface area contributed by atoms with Crippen LogP contribution in [0.1, 0.15) is 28.2 Å². The third-order valence-corrected chi connectivity index (χ3v) is 4.48. The highest BCUT2D eigenvalue weighted by Crippen LogP contribution is 2.30. The number of amides is 2. The maximum Gasteiger partial charge on any atom is 0.274 e. The summed E-state index contributed by atoms with van der Waals surface area (Å²) in [5, 5.41) is 9.02. The van der Waals surface area contributed by atoms with Crippen molar-refractivity contribution in [3.63, 3.8) is 0 Å². The number of hydrogen-bond acceptors (Lipinski definition) is 4. The molecule has 0 radical (unpaired) electrons. The number of carbonyl (C=O) groups is 2. The number of hydrogen-bond donors (Lipinski definition) is 1. The highest BCUT2D eigenvalue weighted by molar-refractivity contribution is 7.09. The first-order chi connectivity index (χ1) is 10.5. The molecule has 0 saturated heterocycles. The number of nitrogens with zero attached hydrogens (tertiary/aromatic N) is 3. The lowest BCUT2D eigenvalue weighted by Gasteiger charge is -2.14. The van der Waals surface area contributed by atoms with Crippen molar-refractivity contribution in [3.8, 4) is 0 Å². The van der Waals surface area contributed by atoms with Crippen LogP contribution in [0, 0.1) is 5.92 Å². The van der Waals surface area contributed by atoms with E-state index in [1.165, 1.54) is 4.68 Å². The van der Waals surface area contributed by atoms with Crippen molar-refractivity contribution in [1.82, 2.24) is 14.7 Å². The van der Waals surface area contributed by atoms with Gasteiger partial charge in [0, 0.05) is 31.0 Å². The minimum atomic E-state index is -0.157. The van der Waals surface area contributed by atoms with Crippen molar-refractivity contribution >= 4 is 29.0 Å². The van der Waals surface area contributed by atoms with E-state index in [-0.39, 0.29) is 17.7 Å². The molecule has 2 aromatic rings. The van der Waals surface area contributed by atoms with Crippen molar-refractivity contribution in [1.29, 1.82) is 0 Å². The second-order valence-electron chi connectivity index (χ2n) is 5.54. The van der Waals surface area contributed by atoms with E-state index in [1.54, 1.807) is 36.4 Å². The lowest BCUT2D eigenvalue weighted by molar-refractivity contribution is -0.117. The fraction of sp³-hybridized carbons (Fsp3) is 0.400. The van der Waals surface area contributed by atoms with Gasteiger partial charge in [-0.15, -0.1) is 11.3 Å². The minimum Gasteiger partial charge on any atom is -0.335 e. The number of carbonyl (C=O) groups excluding carboxylic acids is 2. The normalized spacial score (nSPS) is 13.9. The lowest BCUT2D eigenvalue weighted by Crippen LogP contribution is -2.26. The second kappa shape index (κ2) is 5.92. The highest BCUT2D eigenvalue weighted by Gasteiger charge is 2.30. The van der Waals surface area contributed by atoms with Crippen LogP contribution in [0.25, 0.3) is 0 Å². The molecule has 0 atom stereocenters. The van der Waals surface area contributed by atoms with E-state index in [1.807, 2.05) is 17.5 Å². The van der Waals surface area contributed by atoms with Gasteiger partial charge >= 0.3 is 0 Å². The molecule has 116 valence electrons. The molecule has 2 amide bonds. The van der Waals surface area contributed by atoms with Crippen LogP contribution in [0.2, 0.25) is 0 Å². The summed E-state index contributed by atoms with van der Waals surface area (Å²) in [5.41, 5.74) is 0.340. The van der Waals surface area contributed by atoms with Gasteiger partial charge in [0.25, 0.3) is 5.91 Å². The summed E-state index contributed by atoms with van der Waals surface area (Å²) in [6.45, 7) is 0.552. The zero-order chi connectivity index (χ0) is 15.7. The lowest BCUT2D eigenvalue weighted by atomic mass is 10.3. The van der Waals surface area contributed by atoms with Crippen LogP contribution in [0.4, 0.5) is 5.82 Å². The molecular formula is C15H18N4O2S. The Balaban J connectivity index is 1.68. The Morgan fingerprint density at radius 2 is 2.27 bits per heavy atom. The van der Waals surface area contributed by atoms with Crippen LogP contribution in [0.5, 0.6) is 0 Å². The number of rotatable bonds is 5. The molecule has 2 aromatic heterocycles. The van der Waals surface area contributed by atoms with E-state index in [2.05, 4.69) is 10.4 Å². The third kappa shape index (κ3) is 3.19. The topological polar surface area (TPSA) is 67.2 Å². The number of nitrogens with one attached hydrogen (secondary N) is 1. The quantitative estimate of drug-likeness (QED) is 0.918. The Kier molecular flexibility index (Phi) is 3.98. The Morgan fingerprint density at radius 3 is 2.91 bits per heavy atom. The molecule has 2 heterocycles. The smallest absolute Gasteiger partial charge is 0.274 e. The van der Waals surface area contributed by atoms with Gasteiger partial charge in [-0.1, -0.05) is 6.07 Å². The average molecular weight is 318 g/mol. The molecular weight excluding hydrogens is 300 g/mol. The maximum absolute atomic E-state index is 12.4. The second-order valence-corrected chi connectivity index (χ2v) is 6.57. The van der Waals surface area contributed by atoms with Crippen molar-refractivity contribution in [3.05, 3.63) is 34.2 Å². The van der Waals surface area contributed by atoms with Crippen LogP contribution < -0.4 is 5.32 Å². The summed E-state index contributed by atoms with van der Waals surface area (Å²) in [7, 11) is 3.47. The van der Waals surface area contributed by atoms with E-state index in [0.29, 0.717) is 18.1 Å². The molecule has 0 spiro atoms. The fourth-order valence-electron chi connectivity index (χ4n) is 2.17. The van der Waals surface area contributed by atoms with Gasteiger partial charge in [0.1, 0.15) is 5.82 Å². The molecule has 1 saturated carbocycles. The Hall–Kier alpha value is -2.15. The highest BCUT2D eigenvalue weighted by atomic mass is 32.1. The molecule has 1 N–H and O–H groups in total. The largest absolute Gasteiger partial charge is 0.335 e. The van der Waals surface area contributed by atoms with E-state index in [0.717, 1.165) is 17.7 Å². The Bertz CT molecular complexity index is 688. The first kappa shape index (κ1) is 14.8. The predicted molar refractivity (Wildman–Crippen MR) is 84.7 cm³/mol. The van der Waals surface area contributed by atoms with Gasteiger partial charge in [-0.25, -0.2) is 0 Å². The first-order valence-electron chi connectivity index (χ1n) is 7.17. The molecule has 0 unspecified atom stereocenters. The van der Waals surface area contributed by atoms with Crippen LogP contribution >= 0.6 is 11.3 Å². The van der Waals surface area contributed by atoms with Crippen molar-refractivity contribution in [2.24, 2.45) is 13.0 Å². The number of thiophene rings is 1. The third-order valence-electron chi connectivity index (χ3n) is 3.62. The van der Waals surface area contributed by atoms with Crippen molar-refractivity contribution in [2.45, 2.75) is 19.4 Å². The monoisotopic (exact) mass is 318 g/mol. The minimum absolute atomic E-state index is 0.00828. The Labute approximate surface area is 132 Å². The van der Waals surface area contributed by atoms with Crippen LogP contribution in [0.15, 0.2) is 23.6 Å². The van der Waals surface area contributed by atoms with E-state index in [9.17, 15) is 9.59 Å². The van der Waals surface area contributed by atoms with Gasteiger partial charge in [0.2, 0.25) is 5.91 Å². The molecule has 6 nitrogen and oxygen atoms in total.